The Morgan fingerprint density at radius 1 is 1.29 bits per heavy atom. The van der Waals surface area contributed by atoms with Crippen molar-refractivity contribution < 1.29 is 17.6 Å². The molecular weight excluding hydrogens is 198 g/mol. The van der Waals surface area contributed by atoms with Gasteiger partial charge in [0, 0.05) is 6.54 Å². The Hall–Kier alpha value is -1.10. The van der Waals surface area contributed by atoms with Crippen LogP contribution in [0.2, 0.25) is 0 Å². The van der Waals surface area contributed by atoms with Gasteiger partial charge in [0.1, 0.15) is 6.17 Å². The van der Waals surface area contributed by atoms with Gasteiger partial charge in [-0.3, -0.25) is 0 Å². The zero-order valence-electron chi connectivity index (χ0n) is 7.18. The SMILES string of the molecule is NC[C@@H](F)c1cccc(C(F)(F)F)c1. The molecule has 78 valence electrons. The molecular formula is C9H9F4N. The molecule has 14 heavy (non-hydrogen) atoms. The number of hydrogen-bond acceptors (Lipinski definition) is 1. The number of rotatable bonds is 2. The first-order chi connectivity index (χ1) is 6.45. The second-order valence-electron chi connectivity index (χ2n) is 2.83. The predicted molar refractivity (Wildman–Crippen MR) is 44.3 cm³/mol. The molecule has 5 heteroatoms. The summed E-state index contributed by atoms with van der Waals surface area (Å²) >= 11 is 0. The van der Waals surface area contributed by atoms with Crippen LogP contribution in [0.1, 0.15) is 17.3 Å². The summed E-state index contributed by atoms with van der Waals surface area (Å²) in [4.78, 5) is 0. The van der Waals surface area contributed by atoms with Crippen molar-refractivity contribution >= 4 is 0 Å². The third-order valence-corrected chi connectivity index (χ3v) is 1.78. The first kappa shape index (κ1) is 11.0. The molecule has 1 rings (SSSR count). The van der Waals surface area contributed by atoms with Crippen molar-refractivity contribution in [2.45, 2.75) is 12.3 Å². The zero-order valence-corrected chi connectivity index (χ0v) is 7.18. The summed E-state index contributed by atoms with van der Waals surface area (Å²) in [5.74, 6) is 0. The fourth-order valence-electron chi connectivity index (χ4n) is 1.05. The molecule has 1 nitrogen and oxygen atoms in total. The molecule has 0 saturated carbocycles. The second kappa shape index (κ2) is 3.96. The summed E-state index contributed by atoms with van der Waals surface area (Å²) in [7, 11) is 0. The van der Waals surface area contributed by atoms with Crippen LogP contribution in [0.25, 0.3) is 0 Å². The van der Waals surface area contributed by atoms with Crippen molar-refractivity contribution in [2.24, 2.45) is 5.73 Å². The van der Waals surface area contributed by atoms with Crippen LogP contribution in [-0.4, -0.2) is 6.54 Å². The van der Waals surface area contributed by atoms with Crippen LogP contribution >= 0.6 is 0 Å². The van der Waals surface area contributed by atoms with Crippen LogP contribution < -0.4 is 5.73 Å². The molecule has 0 aromatic heterocycles. The molecule has 1 atom stereocenters. The van der Waals surface area contributed by atoms with Crippen LogP contribution in [0.5, 0.6) is 0 Å². The topological polar surface area (TPSA) is 26.0 Å². The van der Waals surface area contributed by atoms with E-state index in [9.17, 15) is 17.6 Å². The molecule has 0 saturated heterocycles. The molecule has 0 fully saturated rings. The lowest BCUT2D eigenvalue weighted by molar-refractivity contribution is -0.137. The number of benzene rings is 1. The summed E-state index contributed by atoms with van der Waals surface area (Å²) < 4.78 is 49.5. The van der Waals surface area contributed by atoms with Gasteiger partial charge in [-0.25, -0.2) is 4.39 Å². The molecule has 0 unspecified atom stereocenters. The van der Waals surface area contributed by atoms with Gasteiger partial charge in [0.2, 0.25) is 0 Å². The molecule has 0 aliphatic rings. The van der Waals surface area contributed by atoms with E-state index in [1.807, 2.05) is 0 Å². The smallest absolute Gasteiger partial charge is 0.327 e. The third-order valence-electron chi connectivity index (χ3n) is 1.78. The standard InChI is InChI=1S/C9H9F4N/c10-8(5-14)6-2-1-3-7(4-6)9(11,12)13/h1-4,8H,5,14H2/t8-/m1/s1. The van der Waals surface area contributed by atoms with E-state index in [0.29, 0.717) is 0 Å². The van der Waals surface area contributed by atoms with Gasteiger partial charge in [0.05, 0.1) is 5.56 Å². The van der Waals surface area contributed by atoms with Gasteiger partial charge in [-0.2, -0.15) is 13.2 Å². The molecule has 2 N–H and O–H groups in total. The number of nitrogens with two attached hydrogens (primary N) is 1. The lowest BCUT2D eigenvalue weighted by atomic mass is 10.1. The first-order valence-electron chi connectivity index (χ1n) is 3.96. The van der Waals surface area contributed by atoms with Gasteiger partial charge >= 0.3 is 6.18 Å². The quantitative estimate of drug-likeness (QED) is 0.741. The van der Waals surface area contributed by atoms with E-state index >= 15 is 0 Å². The van der Waals surface area contributed by atoms with Gasteiger partial charge in [-0.15, -0.1) is 0 Å². The average molecular weight is 207 g/mol. The van der Waals surface area contributed by atoms with E-state index in [1.54, 1.807) is 0 Å². The van der Waals surface area contributed by atoms with Crippen LogP contribution in [0.4, 0.5) is 17.6 Å². The summed E-state index contributed by atoms with van der Waals surface area (Å²) in [6, 6.07) is 4.12. The Morgan fingerprint density at radius 3 is 2.43 bits per heavy atom. The highest BCUT2D eigenvalue weighted by molar-refractivity contribution is 5.27. The third kappa shape index (κ3) is 2.45. The van der Waals surface area contributed by atoms with Crippen molar-refractivity contribution in [1.82, 2.24) is 0 Å². The number of halogens is 4. The average Bonchev–Trinajstić information content (AvgIpc) is 2.15. The highest BCUT2D eigenvalue weighted by atomic mass is 19.4. The van der Waals surface area contributed by atoms with Crippen LogP contribution in [-0.2, 0) is 6.18 Å². The van der Waals surface area contributed by atoms with E-state index in [4.69, 9.17) is 5.73 Å². The Morgan fingerprint density at radius 2 is 1.93 bits per heavy atom. The zero-order chi connectivity index (χ0) is 10.8. The van der Waals surface area contributed by atoms with Crippen molar-refractivity contribution in [3.05, 3.63) is 35.4 Å². The number of alkyl halides is 4. The molecule has 1 aromatic rings. The maximum Gasteiger partial charge on any atom is 0.416 e. The monoisotopic (exact) mass is 207 g/mol. The summed E-state index contributed by atoms with van der Waals surface area (Å²) in [6.45, 7) is -0.318. The summed E-state index contributed by atoms with van der Waals surface area (Å²) in [6.07, 6.45) is -5.98. The minimum atomic E-state index is -4.44. The predicted octanol–water partition coefficient (Wildman–Crippen LogP) is 2.67. The molecule has 1 aromatic carbocycles. The molecule has 0 bridgehead atoms. The van der Waals surface area contributed by atoms with E-state index in [2.05, 4.69) is 0 Å². The van der Waals surface area contributed by atoms with Crippen molar-refractivity contribution in [1.29, 1.82) is 0 Å². The molecule has 0 heterocycles. The van der Waals surface area contributed by atoms with Crippen molar-refractivity contribution in [2.75, 3.05) is 6.54 Å². The minimum Gasteiger partial charge on any atom is -0.327 e. The van der Waals surface area contributed by atoms with E-state index < -0.39 is 17.9 Å². The Kier molecular flexibility index (Phi) is 3.10. The lowest BCUT2D eigenvalue weighted by Gasteiger charge is -2.10. The highest BCUT2D eigenvalue weighted by Gasteiger charge is 2.30. The van der Waals surface area contributed by atoms with Gasteiger partial charge in [0.25, 0.3) is 0 Å². The van der Waals surface area contributed by atoms with E-state index in [0.717, 1.165) is 12.1 Å². The molecule has 0 spiro atoms. The second-order valence-corrected chi connectivity index (χ2v) is 2.83. The van der Waals surface area contributed by atoms with Gasteiger partial charge in [-0.05, 0) is 17.7 Å². The molecule has 0 radical (unpaired) electrons. The Labute approximate surface area is 78.5 Å². The Bertz CT molecular complexity index is 308. The largest absolute Gasteiger partial charge is 0.416 e. The van der Waals surface area contributed by atoms with Crippen molar-refractivity contribution in [3.8, 4) is 0 Å². The van der Waals surface area contributed by atoms with Crippen LogP contribution in [0, 0.1) is 0 Å². The van der Waals surface area contributed by atoms with Crippen LogP contribution in [0.15, 0.2) is 24.3 Å². The molecule has 0 amide bonds. The highest BCUT2D eigenvalue weighted by Crippen LogP contribution is 2.31. The summed E-state index contributed by atoms with van der Waals surface area (Å²) in [5, 5.41) is 0. The fraction of sp³-hybridized carbons (Fsp3) is 0.333. The van der Waals surface area contributed by atoms with Crippen LogP contribution in [0.3, 0.4) is 0 Å². The maximum absolute atomic E-state index is 12.9. The molecule has 0 aliphatic carbocycles. The number of hydrogen-bond donors (Lipinski definition) is 1. The van der Waals surface area contributed by atoms with Gasteiger partial charge in [-0.1, -0.05) is 12.1 Å². The normalized spacial score (nSPS) is 14.1. The van der Waals surface area contributed by atoms with E-state index in [-0.39, 0.29) is 12.1 Å². The van der Waals surface area contributed by atoms with E-state index in [1.165, 1.54) is 12.1 Å². The van der Waals surface area contributed by atoms with Crippen molar-refractivity contribution in [3.63, 3.8) is 0 Å². The maximum atomic E-state index is 12.9. The minimum absolute atomic E-state index is 0.0395. The Balaban J connectivity index is 3.01. The van der Waals surface area contributed by atoms with Gasteiger partial charge in [0.15, 0.2) is 0 Å². The van der Waals surface area contributed by atoms with Gasteiger partial charge < -0.3 is 5.73 Å². The molecule has 0 aliphatic heterocycles. The summed E-state index contributed by atoms with van der Waals surface area (Å²) in [5.41, 5.74) is 4.11. The first-order valence-corrected chi connectivity index (χ1v) is 3.96. The fourth-order valence-corrected chi connectivity index (χ4v) is 1.05. The lowest BCUT2D eigenvalue weighted by Crippen LogP contribution is -2.10.